The molecule has 2 aromatic carbocycles. The van der Waals surface area contributed by atoms with E-state index in [1.165, 1.54) is 26.2 Å². The number of methoxy groups -OCH3 is 1. The molecule has 0 amide bonds. The minimum Gasteiger partial charge on any atom is -0.743 e. The standard InChI is InChI=1S/C14H14F2O7S.C13H14F2O5S.C5H8O2/c1-8(2)12(17)23-11-6-4-10(5-7-11)13(18)22-9(3)14(15,16)24(19,20)21;1-8(13(14,15)21(17,18)19)20-12(16)11-6-9-4-2-3-5-10(9)7-11;1-4(2)5(6)7-3/h4-7,9H,1H2,2-3H3,(H,19,20,21);2-5,8,11H,6-7H2,1H3,(H,17,18,19);1H2,2-3H3/p-2. The van der Waals surface area contributed by atoms with Gasteiger partial charge in [0.1, 0.15) is 5.75 Å². The molecule has 1 aliphatic carbocycles. The van der Waals surface area contributed by atoms with Crippen LogP contribution in [-0.2, 0) is 61.7 Å². The first kappa shape index (κ1) is 45.4. The van der Waals surface area contributed by atoms with Gasteiger partial charge in [0.05, 0.1) is 18.6 Å². The van der Waals surface area contributed by atoms with Gasteiger partial charge in [-0.15, -0.1) is 0 Å². The smallest absolute Gasteiger partial charge is 0.370 e. The van der Waals surface area contributed by atoms with E-state index in [0.717, 1.165) is 23.3 Å². The first-order chi connectivity index (χ1) is 23.7. The molecule has 0 fully saturated rings. The number of halogens is 4. The number of ether oxygens (including phenoxy) is 4. The van der Waals surface area contributed by atoms with Crippen LogP contribution in [0.3, 0.4) is 0 Å². The van der Waals surface area contributed by atoms with Crippen LogP contribution in [0, 0.1) is 5.92 Å². The fourth-order valence-corrected chi connectivity index (χ4v) is 4.71. The summed E-state index contributed by atoms with van der Waals surface area (Å²) in [6.07, 6.45) is -4.11. The van der Waals surface area contributed by atoms with Crippen LogP contribution in [0.15, 0.2) is 72.8 Å². The molecular formula is C32H34F4O14S2-2. The summed E-state index contributed by atoms with van der Waals surface area (Å²) in [6.45, 7) is 11.0. The molecule has 0 aliphatic heterocycles. The maximum Gasteiger partial charge on any atom is 0.370 e. The molecule has 0 spiro atoms. The van der Waals surface area contributed by atoms with E-state index in [9.17, 15) is 62.7 Å². The van der Waals surface area contributed by atoms with Gasteiger partial charge in [0.25, 0.3) is 0 Å². The van der Waals surface area contributed by atoms with Gasteiger partial charge in [-0.2, -0.15) is 17.6 Å². The summed E-state index contributed by atoms with van der Waals surface area (Å²) in [6, 6.07) is 11.9. The fraction of sp³-hybridized carbons (Fsp3) is 0.375. The zero-order valence-corrected chi connectivity index (χ0v) is 29.9. The number of carbonyl (C=O) groups is 4. The van der Waals surface area contributed by atoms with Crippen molar-refractivity contribution in [3.8, 4) is 5.75 Å². The first-order valence-corrected chi connectivity index (χ1v) is 17.3. The Labute approximate surface area is 296 Å². The molecule has 52 heavy (non-hydrogen) atoms. The normalized spacial score (nSPS) is 14.1. The van der Waals surface area contributed by atoms with Crippen molar-refractivity contribution < 1.29 is 81.6 Å². The molecule has 0 saturated heterocycles. The largest absolute Gasteiger partial charge is 0.743 e. The van der Waals surface area contributed by atoms with E-state index >= 15 is 0 Å². The van der Waals surface area contributed by atoms with Gasteiger partial charge in [-0.25, -0.2) is 31.2 Å². The Morgan fingerprint density at radius 2 is 1.15 bits per heavy atom. The van der Waals surface area contributed by atoms with Gasteiger partial charge in [-0.05, 0) is 75.9 Å². The molecule has 0 bridgehead atoms. The van der Waals surface area contributed by atoms with Crippen molar-refractivity contribution in [2.75, 3.05) is 7.11 Å². The van der Waals surface area contributed by atoms with Crippen LogP contribution < -0.4 is 4.74 Å². The second kappa shape index (κ2) is 18.2. The number of alkyl halides is 4. The van der Waals surface area contributed by atoms with Gasteiger partial charge in [-0.3, -0.25) is 4.79 Å². The fourth-order valence-electron chi connectivity index (χ4n) is 3.80. The van der Waals surface area contributed by atoms with E-state index in [-0.39, 0.29) is 22.9 Å². The highest BCUT2D eigenvalue weighted by atomic mass is 32.2. The van der Waals surface area contributed by atoms with Gasteiger partial charge in [0.15, 0.2) is 32.4 Å². The zero-order valence-electron chi connectivity index (χ0n) is 28.2. The third kappa shape index (κ3) is 12.5. The van der Waals surface area contributed by atoms with E-state index in [2.05, 4.69) is 27.4 Å². The van der Waals surface area contributed by atoms with Crippen molar-refractivity contribution in [1.29, 1.82) is 0 Å². The highest BCUT2D eigenvalue weighted by Gasteiger charge is 2.48. The third-order valence-corrected chi connectivity index (χ3v) is 8.75. The van der Waals surface area contributed by atoms with Crippen molar-refractivity contribution >= 4 is 44.1 Å². The second-order valence-corrected chi connectivity index (χ2v) is 13.9. The number of hydrogen-bond donors (Lipinski definition) is 0. The Balaban J connectivity index is 0.000000442. The lowest BCUT2D eigenvalue weighted by Crippen LogP contribution is -2.43. The van der Waals surface area contributed by atoms with Crippen molar-refractivity contribution in [2.24, 2.45) is 5.92 Å². The maximum atomic E-state index is 13.3. The molecular weight excluding hydrogens is 748 g/mol. The lowest BCUT2D eigenvalue weighted by atomic mass is 10.1. The predicted molar refractivity (Wildman–Crippen MR) is 171 cm³/mol. The number of rotatable bonds is 11. The molecule has 3 rings (SSSR count). The minimum absolute atomic E-state index is 0.0695. The van der Waals surface area contributed by atoms with Gasteiger partial charge in [0, 0.05) is 11.1 Å². The Hall–Kier alpha value is -4.66. The van der Waals surface area contributed by atoms with Crippen LogP contribution in [0.2, 0.25) is 0 Å². The van der Waals surface area contributed by atoms with Gasteiger partial charge >= 0.3 is 34.4 Å². The average molecular weight is 783 g/mol. The van der Waals surface area contributed by atoms with E-state index < -0.39 is 66.8 Å². The van der Waals surface area contributed by atoms with Gasteiger partial charge in [-0.1, -0.05) is 37.4 Å². The number of hydrogen-bond acceptors (Lipinski definition) is 14. The Bertz CT molecular complexity index is 1850. The average Bonchev–Trinajstić information content (AvgIpc) is 3.49. The Kier molecular flexibility index (Phi) is 15.9. The zero-order chi connectivity index (χ0) is 40.4. The third-order valence-electron chi connectivity index (χ3n) is 6.76. The molecule has 0 radical (unpaired) electrons. The highest BCUT2D eigenvalue weighted by Crippen LogP contribution is 2.31. The van der Waals surface area contributed by atoms with Crippen molar-refractivity contribution in [3.63, 3.8) is 0 Å². The Morgan fingerprint density at radius 3 is 1.50 bits per heavy atom. The van der Waals surface area contributed by atoms with E-state index in [4.69, 9.17) is 4.74 Å². The molecule has 288 valence electrons. The molecule has 0 saturated carbocycles. The van der Waals surface area contributed by atoms with E-state index in [1.807, 2.05) is 12.1 Å². The number of fused-ring (bicyclic) bond motifs is 1. The molecule has 2 unspecified atom stereocenters. The lowest BCUT2D eigenvalue weighted by molar-refractivity contribution is -0.164. The lowest BCUT2D eigenvalue weighted by Gasteiger charge is -2.26. The highest BCUT2D eigenvalue weighted by molar-refractivity contribution is 7.87. The summed E-state index contributed by atoms with van der Waals surface area (Å²) in [5.74, 6) is -3.82. The van der Waals surface area contributed by atoms with Crippen LogP contribution in [0.1, 0.15) is 49.2 Å². The Morgan fingerprint density at radius 1 is 0.750 bits per heavy atom. The molecule has 0 heterocycles. The molecule has 2 atom stereocenters. The number of carbonyl (C=O) groups excluding carboxylic acids is 4. The summed E-state index contributed by atoms with van der Waals surface area (Å²) < 4.78 is 134. The van der Waals surface area contributed by atoms with Crippen molar-refractivity contribution in [2.45, 2.75) is 63.3 Å². The summed E-state index contributed by atoms with van der Waals surface area (Å²) in [7, 11) is -10.5. The second-order valence-electron chi connectivity index (χ2n) is 11.0. The topological polar surface area (TPSA) is 220 Å². The number of benzene rings is 2. The van der Waals surface area contributed by atoms with E-state index in [1.54, 1.807) is 19.1 Å². The molecule has 0 N–H and O–H groups in total. The molecule has 20 heteroatoms. The molecule has 1 aliphatic rings. The molecule has 14 nitrogen and oxygen atoms in total. The monoisotopic (exact) mass is 782 g/mol. The summed E-state index contributed by atoms with van der Waals surface area (Å²) in [5, 5.41) is -9.41. The van der Waals surface area contributed by atoms with Crippen LogP contribution in [-0.4, -0.2) is 79.6 Å². The van der Waals surface area contributed by atoms with Crippen LogP contribution >= 0.6 is 0 Å². The predicted octanol–water partition coefficient (Wildman–Crippen LogP) is 4.06. The van der Waals surface area contributed by atoms with Crippen molar-refractivity contribution in [3.05, 3.63) is 89.5 Å². The van der Waals surface area contributed by atoms with Gasteiger partial charge < -0.3 is 28.1 Å². The van der Waals surface area contributed by atoms with E-state index in [0.29, 0.717) is 32.3 Å². The summed E-state index contributed by atoms with van der Waals surface area (Å²) in [5.41, 5.74) is 2.22. The first-order valence-electron chi connectivity index (χ1n) is 14.5. The number of esters is 4. The van der Waals surface area contributed by atoms with Crippen LogP contribution in [0.25, 0.3) is 0 Å². The summed E-state index contributed by atoms with van der Waals surface area (Å²) in [4.78, 5) is 45.0. The maximum absolute atomic E-state index is 13.3. The van der Waals surface area contributed by atoms with Crippen LogP contribution in [0.5, 0.6) is 5.75 Å². The molecule has 0 aromatic heterocycles. The quantitative estimate of drug-likeness (QED) is 0.0784. The van der Waals surface area contributed by atoms with Gasteiger partial charge in [0.2, 0.25) is 0 Å². The molecule has 2 aromatic rings. The van der Waals surface area contributed by atoms with Crippen LogP contribution in [0.4, 0.5) is 17.6 Å². The summed E-state index contributed by atoms with van der Waals surface area (Å²) >= 11 is 0. The SMILES string of the molecule is C=C(C)C(=O)OC.C=C(C)C(=O)Oc1ccc(C(=O)OC(C)C(F)(F)S(=O)(=O)[O-])cc1.CC(OC(=O)C1Cc2ccccc2C1)C(F)(F)S(=O)(=O)[O-]. The van der Waals surface area contributed by atoms with Crippen molar-refractivity contribution in [1.82, 2.24) is 0 Å². The minimum atomic E-state index is -5.98.